The van der Waals surface area contributed by atoms with E-state index in [4.69, 9.17) is 0 Å². The van der Waals surface area contributed by atoms with E-state index in [-0.39, 0.29) is 33.9 Å². The Bertz CT molecular complexity index is 377. The van der Waals surface area contributed by atoms with Gasteiger partial charge in [0, 0.05) is 18.5 Å². The molecule has 0 saturated heterocycles. The zero-order chi connectivity index (χ0) is 10.3. The van der Waals surface area contributed by atoms with Crippen LogP contribution in [0.25, 0.3) is 0 Å². The summed E-state index contributed by atoms with van der Waals surface area (Å²) < 4.78 is 0. The zero-order valence-electron chi connectivity index (χ0n) is 8.87. The number of benzene rings is 1. The molecule has 15 heavy (non-hydrogen) atoms. The summed E-state index contributed by atoms with van der Waals surface area (Å²) in [4.78, 5) is 0. The highest BCUT2D eigenvalue weighted by Gasteiger charge is 2.28. The SMILES string of the molecule is Br.CC1(C)CNCc2cc(O)c(O)cc21. The first kappa shape index (κ1) is 12.3. The zero-order valence-corrected chi connectivity index (χ0v) is 10.6. The van der Waals surface area contributed by atoms with Gasteiger partial charge in [-0.1, -0.05) is 13.8 Å². The lowest BCUT2D eigenvalue weighted by Crippen LogP contribution is -2.38. The number of fused-ring (bicyclic) bond motifs is 1. The highest BCUT2D eigenvalue weighted by Crippen LogP contribution is 2.36. The van der Waals surface area contributed by atoms with Crippen molar-refractivity contribution in [2.24, 2.45) is 0 Å². The van der Waals surface area contributed by atoms with Crippen molar-refractivity contribution in [3.8, 4) is 11.5 Å². The lowest BCUT2D eigenvalue weighted by Gasteiger charge is -2.33. The summed E-state index contributed by atoms with van der Waals surface area (Å²) in [5.41, 5.74) is 2.20. The highest BCUT2D eigenvalue weighted by molar-refractivity contribution is 8.93. The van der Waals surface area contributed by atoms with Crippen LogP contribution < -0.4 is 5.32 Å². The Morgan fingerprint density at radius 3 is 2.47 bits per heavy atom. The van der Waals surface area contributed by atoms with Crippen molar-refractivity contribution in [1.29, 1.82) is 0 Å². The molecule has 1 aliphatic heterocycles. The van der Waals surface area contributed by atoms with Crippen LogP contribution in [0.5, 0.6) is 11.5 Å². The van der Waals surface area contributed by atoms with Gasteiger partial charge >= 0.3 is 0 Å². The Balaban J connectivity index is 0.00000112. The van der Waals surface area contributed by atoms with Crippen molar-refractivity contribution in [1.82, 2.24) is 5.32 Å². The average Bonchev–Trinajstić information content (AvgIpc) is 2.08. The molecule has 0 amide bonds. The van der Waals surface area contributed by atoms with Crippen molar-refractivity contribution < 1.29 is 10.2 Å². The molecule has 0 unspecified atom stereocenters. The molecule has 0 saturated carbocycles. The Hall–Kier alpha value is -0.740. The van der Waals surface area contributed by atoms with Crippen molar-refractivity contribution >= 4 is 17.0 Å². The number of nitrogens with one attached hydrogen (secondary N) is 1. The monoisotopic (exact) mass is 273 g/mol. The maximum absolute atomic E-state index is 9.44. The second-order valence-corrected chi connectivity index (χ2v) is 4.49. The van der Waals surface area contributed by atoms with Gasteiger partial charge in [0.2, 0.25) is 0 Å². The molecule has 0 atom stereocenters. The fourth-order valence-electron chi connectivity index (χ4n) is 2.00. The van der Waals surface area contributed by atoms with Crippen molar-refractivity contribution in [2.45, 2.75) is 25.8 Å². The maximum atomic E-state index is 9.44. The second-order valence-electron chi connectivity index (χ2n) is 4.49. The number of hydrogen-bond acceptors (Lipinski definition) is 3. The van der Waals surface area contributed by atoms with E-state index in [1.165, 1.54) is 0 Å². The van der Waals surface area contributed by atoms with Crippen LogP contribution in [-0.2, 0) is 12.0 Å². The molecule has 4 heteroatoms. The van der Waals surface area contributed by atoms with Gasteiger partial charge in [-0.05, 0) is 23.3 Å². The molecule has 0 fully saturated rings. The predicted molar refractivity (Wildman–Crippen MR) is 64.8 cm³/mol. The molecule has 0 radical (unpaired) electrons. The van der Waals surface area contributed by atoms with Gasteiger partial charge in [0.05, 0.1) is 0 Å². The topological polar surface area (TPSA) is 52.5 Å². The van der Waals surface area contributed by atoms with Gasteiger partial charge in [-0.25, -0.2) is 0 Å². The largest absolute Gasteiger partial charge is 0.504 e. The standard InChI is InChI=1S/C11H15NO2.BrH/c1-11(2)6-12-5-7-3-9(13)10(14)4-8(7)11;/h3-4,12-14H,5-6H2,1-2H3;1H. The van der Waals surface area contributed by atoms with Gasteiger partial charge in [-0.2, -0.15) is 0 Å². The highest BCUT2D eigenvalue weighted by atomic mass is 79.9. The molecule has 2 rings (SSSR count). The second kappa shape index (κ2) is 4.02. The minimum Gasteiger partial charge on any atom is -0.504 e. The van der Waals surface area contributed by atoms with Crippen LogP contribution in [0.4, 0.5) is 0 Å². The van der Waals surface area contributed by atoms with Gasteiger partial charge in [0.15, 0.2) is 11.5 Å². The molecule has 84 valence electrons. The molecule has 3 nitrogen and oxygen atoms in total. The molecule has 0 aliphatic carbocycles. The van der Waals surface area contributed by atoms with E-state index in [9.17, 15) is 10.2 Å². The summed E-state index contributed by atoms with van der Waals surface area (Å²) in [6, 6.07) is 3.31. The van der Waals surface area contributed by atoms with Crippen LogP contribution in [-0.4, -0.2) is 16.8 Å². The molecule has 1 aliphatic rings. The molecule has 3 N–H and O–H groups in total. The summed E-state index contributed by atoms with van der Waals surface area (Å²) in [6.07, 6.45) is 0. The molecule has 0 spiro atoms. The number of phenols is 2. The molecule has 0 aromatic heterocycles. The molecular weight excluding hydrogens is 258 g/mol. The Kier molecular flexibility index (Phi) is 3.31. The Labute approximate surface area is 99.9 Å². The summed E-state index contributed by atoms with van der Waals surface area (Å²) in [6.45, 7) is 5.89. The third-order valence-corrected chi connectivity index (χ3v) is 2.81. The van der Waals surface area contributed by atoms with Gasteiger partial charge < -0.3 is 15.5 Å². The maximum Gasteiger partial charge on any atom is 0.157 e. The number of phenolic OH excluding ortho intramolecular Hbond substituents is 2. The lowest BCUT2D eigenvalue weighted by atomic mass is 9.79. The Morgan fingerprint density at radius 1 is 1.20 bits per heavy atom. The summed E-state index contributed by atoms with van der Waals surface area (Å²) in [7, 11) is 0. The normalized spacial score (nSPS) is 17.7. The molecule has 1 heterocycles. The smallest absolute Gasteiger partial charge is 0.157 e. The number of halogens is 1. The average molecular weight is 274 g/mol. The quantitative estimate of drug-likeness (QED) is 0.635. The van der Waals surface area contributed by atoms with E-state index in [1.807, 2.05) is 0 Å². The van der Waals surface area contributed by atoms with E-state index in [0.717, 1.165) is 24.2 Å². The van der Waals surface area contributed by atoms with E-state index in [0.29, 0.717) is 0 Å². The third-order valence-electron chi connectivity index (χ3n) is 2.81. The molecule has 1 aromatic rings. The van der Waals surface area contributed by atoms with E-state index < -0.39 is 0 Å². The van der Waals surface area contributed by atoms with Gasteiger partial charge in [0.1, 0.15) is 0 Å². The fraction of sp³-hybridized carbons (Fsp3) is 0.455. The number of hydrogen-bond donors (Lipinski definition) is 3. The van der Waals surface area contributed by atoms with Crippen molar-refractivity contribution in [3.05, 3.63) is 23.3 Å². The van der Waals surface area contributed by atoms with Crippen LogP contribution in [0, 0.1) is 0 Å². The van der Waals surface area contributed by atoms with Gasteiger partial charge in [0.25, 0.3) is 0 Å². The first-order valence-corrected chi connectivity index (χ1v) is 4.77. The molecular formula is C11H16BrNO2. The summed E-state index contributed by atoms with van der Waals surface area (Å²) in [5, 5.41) is 22.1. The molecule has 0 bridgehead atoms. The number of rotatable bonds is 0. The predicted octanol–water partition coefficient (Wildman–Crippen LogP) is 2.06. The molecule has 1 aromatic carbocycles. The number of aromatic hydroxyl groups is 2. The van der Waals surface area contributed by atoms with Crippen molar-refractivity contribution in [2.75, 3.05) is 6.54 Å². The van der Waals surface area contributed by atoms with Crippen LogP contribution in [0.2, 0.25) is 0 Å². The van der Waals surface area contributed by atoms with Crippen LogP contribution in [0.15, 0.2) is 12.1 Å². The fourth-order valence-corrected chi connectivity index (χ4v) is 2.00. The van der Waals surface area contributed by atoms with E-state index in [1.54, 1.807) is 12.1 Å². The summed E-state index contributed by atoms with van der Waals surface area (Å²) >= 11 is 0. The van der Waals surface area contributed by atoms with Crippen LogP contribution in [0.1, 0.15) is 25.0 Å². The lowest BCUT2D eigenvalue weighted by molar-refractivity contribution is 0.390. The Morgan fingerprint density at radius 2 is 1.80 bits per heavy atom. The van der Waals surface area contributed by atoms with E-state index >= 15 is 0 Å². The van der Waals surface area contributed by atoms with E-state index in [2.05, 4.69) is 19.2 Å². The first-order valence-electron chi connectivity index (χ1n) is 4.77. The van der Waals surface area contributed by atoms with Crippen molar-refractivity contribution in [3.63, 3.8) is 0 Å². The minimum absolute atomic E-state index is 0. The van der Waals surface area contributed by atoms with Gasteiger partial charge in [-0.3, -0.25) is 0 Å². The first-order chi connectivity index (χ1) is 6.50. The van der Waals surface area contributed by atoms with Crippen LogP contribution in [0.3, 0.4) is 0 Å². The third kappa shape index (κ3) is 2.11. The van der Waals surface area contributed by atoms with Crippen LogP contribution >= 0.6 is 17.0 Å². The summed E-state index contributed by atoms with van der Waals surface area (Å²) in [5.74, 6) is -0.0676. The van der Waals surface area contributed by atoms with Gasteiger partial charge in [-0.15, -0.1) is 17.0 Å². The minimum atomic E-state index is -0.0387.